The quantitative estimate of drug-likeness (QED) is 0.522. The number of pyridine rings is 1. The first-order chi connectivity index (χ1) is 16.3. The van der Waals surface area contributed by atoms with Crippen LogP contribution in [0.25, 0.3) is 0 Å². The zero-order valence-corrected chi connectivity index (χ0v) is 18.8. The minimum Gasteiger partial charge on any atom is -0.369 e. The van der Waals surface area contributed by atoms with Gasteiger partial charge in [-0.3, -0.25) is 19.6 Å². The predicted molar refractivity (Wildman–Crippen MR) is 129 cm³/mol. The van der Waals surface area contributed by atoms with Crippen LogP contribution in [0.1, 0.15) is 22.8 Å². The Hall–Kier alpha value is -3.06. The van der Waals surface area contributed by atoms with Gasteiger partial charge < -0.3 is 9.64 Å². The van der Waals surface area contributed by atoms with Crippen LogP contribution >= 0.6 is 0 Å². The average molecular weight is 443 g/mol. The van der Waals surface area contributed by atoms with Crippen molar-refractivity contribution in [2.24, 2.45) is 0 Å². The van der Waals surface area contributed by atoms with Gasteiger partial charge in [0, 0.05) is 63.9 Å². The Morgan fingerprint density at radius 2 is 1.55 bits per heavy atom. The summed E-state index contributed by atoms with van der Waals surface area (Å²) >= 11 is 0. The second-order valence-corrected chi connectivity index (χ2v) is 8.78. The maximum Gasteiger partial charge on any atom is 0.168 e. The summed E-state index contributed by atoms with van der Waals surface area (Å²) in [6.45, 7) is 6.55. The average Bonchev–Trinajstić information content (AvgIpc) is 3.29. The molecule has 5 rings (SSSR count). The van der Waals surface area contributed by atoms with E-state index in [1.54, 1.807) is 0 Å². The number of hydrogen-bond acceptors (Lipinski definition) is 6. The van der Waals surface area contributed by atoms with Crippen LogP contribution in [-0.4, -0.2) is 60.0 Å². The Kier molecular flexibility index (Phi) is 6.76. The molecule has 6 nitrogen and oxygen atoms in total. The molecule has 3 heterocycles. The van der Waals surface area contributed by atoms with Crippen LogP contribution in [0, 0.1) is 0 Å². The van der Waals surface area contributed by atoms with E-state index in [1.165, 1.54) is 16.8 Å². The van der Waals surface area contributed by atoms with Gasteiger partial charge in [0.1, 0.15) is 0 Å². The van der Waals surface area contributed by atoms with Crippen molar-refractivity contribution in [2.45, 2.75) is 25.4 Å². The molecule has 170 valence electrons. The molecule has 0 N–H and O–H groups in total. The van der Waals surface area contributed by atoms with Crippen molar-refractivity contribution in [1.82, 2.24) is 14.8 Å². The molecule has 0 spiro atoms. The number of carbonyl (C=O) groups excluding carboxylic acids is 1. The molecule has 0 amide bonds. The predicted octanol–water partition coefficient (Wildman–Crippen LogP) is 3.50. The largest absolute Gasteiger partial charge is 0.369 e. The monoisotopic (exact) mass is 442 g/mol. The molecule has 0 bridgehead atoms. The Morgan fingerprint density at radius 3 is 2.24 bits per heavy atom. The molecular formula is C27H30N4O2. The van der Waals surface area contributed by atoms with E-state index in [0.29, 0.717) is 13.1 Å². The summed E-state index contributed by atoms with van der Waals surface area (Å²) in [4.78, 5) is 22.8. The van der Waals surface area contributed by atoms with E-state index >= 15 is 0 Å². The van der Waals surface area contributed by atoms with Crippen molar-refractivity contribution < 1.29 is 9.53 Å². The lowest BCUT2D eigenvalue weighted by Crippen LogP contribution is -2.45. The van der Waals surface area contributed by atoms with Crippen LogP contribution in [0.5, 0.6) is 0 Å². The Balaban J connectivity index is 1.15. The van der Waals surface area contributed by atoms with E-state index in [-0.39, 0.29) is 6.10 Å². The highest BCUT2D eigenvalue weighted by molar-refractivity contribution is 5.56. The second-order valence-electron chi connectivity index (χ2n) is 8.78. The molecule has 0 aliphatic carbocycles. The number of ether oxygens (including phenoxy) is 1. The lowest BCUT2D eigenvalue weighted by Gasteiger charge is -2.36. The summed E-state index contributed by atoms with van der Waals surface area (Å²) in [7, 11) is 0. The number of rotatable bonds is 7. The lowest BCUT2D eigenvalue weighted by molar-refractivity contribution is -0.123. The summed E-state index contributed by atoms with van der Waals surface area (Å²) in [5.74, 6) is 0. The highest BCUT2D eigenvalue weighted by Gasteiger charge is 2.33. The van der Waals surface area contributed by atoms with Gasteiger partial charge in [-0.2, -0.15) is 0 Å². The molecule has 6 heteroatoms. The molecule has 2 saturated heterocycles. The van der Waals surface area contributed by atoms with Crippen molar-refractivity contribution in [3.8, 4) is 0 Å². The van der Waals surface area contributed by atoms with Crippen LogP contribution < -0.4 is 4.90 Å². The van der Waals surface area contributed by atoms with Crippen molar-refractivity contribution in [2.75, 3.05) is 37.6 Å². The Labute approximate surface area is 195 Å². The van der Waals surface area contributed by atoms with Crippen LogP contribution in [0.4, 0.5) is 5.69 Å². The van der Waals surface area contributed by atoms with Crippen molar-refractivity contribution in [3.63, 3.8) is 0 Å². The lowest BCUT2D eigenvalue weighted by atomic mass is 10.1. The van der Waals surface area contributed by atoms with Gasteiger partial charge in [-0.15, -0.1) is 0 Å². The summed E-state index contributed by atoms with van der Waals surface area (Å²) in [5, 5.41) is 0. The Morgan fingerprint density at radius 1 is 0.848 bits per heavy atom. The number of anilines is 1. The standard InChI is InChI=1S/C27H30N4O2/c32-21-27-31(20-26(33-27)24-4-2-1-3-5-24)19-22-6-8-25(9-7-22)30-16-14-29(15-17-30)18-23-10-12-28-13-11-23/h1-13,21,26-27H,14-20H2/t26-,27?/m0/s1. The number of piperazine rings is 1. The van der Waals surface area contributed by atoms with Gasteiger partial charge >= 0.3 is 0 Å². The van der Waals surface area contributed by atoms with E-state index in [1.807, 2.05) is 30.6 Å². The van der Waals surface area contributed by atoms with Gasteiger partial charge in [-0.1, -0.05) is 42.5 Å². The molecule has 0 saturated carbocycles. The first kappa shape index (κ1) is 21.8. The fraction of sp³-hybridized carbons (Fsp3) is 0.333. The fourth-order valence-corrected chi connectivity index (χ4v) is 4.70. The highest BCUT2D eigenvalue weighted by Crippen LogP contribution is 2.29. The smallest absolute Gasteiger partial charge is 0.168 e. The number of benzene rings is 2. The van der Waals surface area contributed by atoms with E-state index in [9.17, 15) is 4.79 Å². The van der Waals surface area contributed by atoms with Gasteiger partial charge in [0.2, 0.25) is 0 Å². The van der Waals surface area contributed by atoms with E-state index in [0.717, 1.165) is 44.6 Å². The third-order valence-electron chi connectivity index (χ3n) is 6.57. The summed E-state index contributed by atoms with van der Waals surface area (Å²) in [5.41, 5.74) is 4.88. The SMILES string of the molecule is O=CC1O[C@H](c2ccccc2)CN1Cc1ccc(N2CCN(Cc3ccncc3)CC2)cc1. The molecular weight excluding hydrogens is 412 g/mol. The van der Waals surface area contributed by atoms with Gasteiger partial charge in [0.05, 0.1) is 6.10 Å². The number of hydrogen-bond donors (Lipinski definition) is 0. The van der Waals surface area contributed by atoms with Crippen LogP contribution in [0.15, 0.2) is 79.1 Å². The maximum atomic E-state index is 11.6. The highest BCUT2D eigenvalue weighted by atomic mass is 16.5. The minimum atomic E-state index is -0.497. The molecule has 2 aromatic carbocycles. The van der Waals surface area contributed by atoms with Crippen molar-refractivity contribution in [3.05, 3.63) is 95.8 Å². The van der Waals surface area contributed by atoms with Gasteiger partial charge in [-0.05, 0) is 41.0 Å². The normalized spacial score (nSPS) is 21.9. The fourth-order valence-electron chi connectivity index (χ4n) is 4.70. The van der Waals surface area contributed by atoms with Crippen molar-refractivity contribution in [1.29, 1.82) is 0 Å². The second kappa shape index (κ2) is 10.3. The molecule has 2 atom stereocenters. The van der Waals surface area contributed by atoms with E-state index in [4.69, 9.17) is 4.74 Å². The topological polar surface area (TPSA) is 48.9 Å². The molecule has 3 aromatic rings. The van der Waals surface area contributed by atoms with Crippen molar-refractivity contribution >= 4 is 12.0 Å². The maximum absolute atomic E-state index is 11.6. The first-order valence-electron chi connectivity index (χ1n) is 11.6. The molecule has 0 radical (unpaired) electrons. The van der Waals surface area contributed by atoms with Crippen LogP contribution in [0.3, 0.4) is 0 Å². The number of carbonyl (C=O) groups is 1. The van der Waals surface area contributed by atoms with Gasteiger partial charge in [0.25, 0.3) is 0 Å². The molecule has 2 aliphatic rings. The van der Waals surface area contributed by atoms with Gasteiger partial charge in [-0.25, -0.2) is 0 Å². The summed E-state index contributed by atoms with van der Waals surface area (Å²) < 4.78 is 5.99. The zero-order valence-electron chi connectivity index (χ0n) is 18.8. The third-order valence-corrected chi connectivity index (χ3v) is 6.57. The molecule has 2 fully saturated rings. The third kappa shape index (κ3) is 5.30. The zero-order chi connectivity index (χ0) is 22.5. The summed E-state index contributed by atoms with van der Waals surface area (Å²) in [6, 6.07) is 23.1. The van der Waals surface area contributed by atoms with Crippen LogP contribution in [0.2, 0.25) is 0 Å². The molecule has 1 aromatic heterocycles. The van der Waals surface area contributed by atoms with E-state index < -0.39 is 6.23 Å². The number of nitrogens with zero attached hydrogens (tertiary/aromatic N) is 4. The van der Waals surface area contributed by atoms with E-state index in [2.05, 4.69) is 68.2 Å². The number of aldehydes is 1. The molecule has 33 heavy (non-hydrogen) atoms. The minimum absolute atomic E-state index is 0.0656. The molecule has 1 unspecified atom stereocenters. The molecule has 2 aliphatic heterocycles. The summed E-state index contributed by atoms with van der Waals surface area (Å²) in [6.07, 6.45) is 4.07. The number of aromatic nitrogens is 1. The van der Waals surface area contributed by atoms with Gasteiger partial charge in [0.15, 0.2) is 12.5 Å². The van der Waals surface area contributed by atoms with Crippen LogP contribution in [-0.2, 0) is 22.6 Å². The Bertz CT molecular complexity index is 1020. The first-order valence-corrected chi connectivity index (χ1v) is 11.6.